The topological polar surface area (TPSA) is 111 Å². The summed E-state index contributed by atoms with van der Waals surface area (Å²) in [5, 5.41) is 7.77. The number of benzene rings is 1. The van der Waals surface area contributed by atoms with Gasteiger partial charge in [0.1, 0.15) is 6.61 Å². The van der Waals surface area contributed by atoms with Crippen molar-refractivity contribution in [2.24, 2.45) is 5.92 Å². The Bertz CT molecular complexity index is 1210. The van der Waals surface area contributed by atoms with E-state index in [1.54, 1.807) is 35.1 Å². The molecule has 0 aliphatic carbocycles. The average Bonchev–Trinajstić information content (AvgIpc) is 3.21. The Morgan fingerprint density at radius 1 is 1.16 bits per heavy atom. The first-order valence-corrected chi connectivity index (χ1v) is 12.1. The Labute approximate surface area is 188 Å². The highest BCUT2D eigenvalue weighted by Gasteiger charge is 2.22. The molecule has 3 aromatic rings. The van der Waals surface area contributed by atoms with Gasteiger partial charge in [0.05, 0.1) is 10.9 Å². The van der Waals surface area contributed by atoms with Crippen molar-refractivity contribution in [3.63, 3.8) is 0 Å². The SMILES string of the molecule is CC(C)C[C@@H]1COc2cc(-n3nccc3C(C)C)nc(n2)NS(=O)(=O)c2cccc(c2)N1. The maximum Gasteiger partial charge on any atom is 0.264 e. The van der Waals surface area contributed by atoms with Crippen molar-refractivity contribution < 1.29 is 13.2 Å². The molecule has 1 aliphatic heterocycles. The van der Waals surface area contributed by atoms with Gasteiger partial charge in [0.2, 0.25) is 11.8 Å². The van der Waals surface area contributed by atoms with Crippen LogP contribution >= 0.6 is 0 Å². The molecule has 32 heavy (non-hydrogen) atoms. The first-order chi connectivity index (χ1) is 15.2. The van der Waals surface area contributed by atoms with Crippen LogP contribution in [0.1, 0.15) is 45.7 Å². The van der Waals surface area contributed by atoms with Gasteiger partial charge in [-0.2, -0.15) is 15.1 Å². The van der Waals surface area contributed by atoms with Gasteiger partial charge in [-0.25, -0.2) is 17.8 Å². The van der Waals surface area contributed by atoms with Gasteiger partial charge in [-0.3, -0.25) is 0 Å². The Balaban J connectivity index is 1.81. The molecule has 0 saturated heterocycles. The van der Waals surface area contributed by atoms with E-state index in [0.29, 0.717) is 24.0 Å². The minimum Gasteiger partial charge on any atom is -0.475 e. The number of anilines is 2. The van der Waals surface area contributed by atoms with E-state index in [-0.39, 0.29) is 28.7 Å². The molecule has 0 spiro atoms. The summed E-state index contributed by atoms with van der Waals surface area (Å²) in [7, 11) is -3.90. The zero-order chi connectivity index (χ0) is 22.9. The maximum atomic E-state index is 13.0. The predicted octanol–water partition coefficient (Wildman–Crippen LogP) is 3.81. The number of nitrogens with one attached hydrogen (secondary N) is 2. The van der Waals surface area contributed by atoms with Crippen molar-refractivity contribution in [2.45, 2.75) is 51.0 Å². The van der Waals surface area contributed by atoms with Gasteiger partial charge in [-0.1, -0.05) is 33.8 Å². The Morgan fingerprint density at radius 2 is 1.97 bits per heavy atom. The van der Waals surface area contributed by atoms with Gasteiger partial charge in [0.25, 0.3) is 10.0 Å². The molecule has 0 amide bonds. The normalized spacial score (nSPS) is 17.6. The molecule has 4 bridgehead atoms. The van der Waals surface area contributed by atoms with Crippen molar-refractivity contribution in [1.29, 1.82) is 0 Å². The number of ether oxygens (including phenoxy) is 1. The molecule has 10 heteroatoms. The Morgan fingerprint density at radius 3 is 2.72 bits per heavy atom. The number of sulfonamides is 1. The molecule has 170 valence electrons. The molecular weight excluding hydrogens is 428 g/mol. The third kappa shape index (κ3) is 4.85. The van der Waals surface area contributed by atoms with Gasteiger partial charge in [-0.15, -0.1) is 0 Å². The third-order valence-electron chi connectivity index (χ3n) is 5.10. The highest BCUT2D eigenvalue weighted by Crippen LogP contribution is 2.25. The standard InChI is InChI=1S/C22H28N6O3S/c1-14(2)10-17-13-31-21-12-20(28-19(15(3)4)8-9-23-28)25-22(26-21)27-32(29,30)18-7-5-6-16(11-18)24-17/h5-9,11-12,14-15,17,24H,10,13H2,1-4H3,(H,25,26,27)/t17-/m1/s1. The number of rotatable bonds is 4. The van der Waals surface area contributed by atoms with Crippen LogP contribution in [0.5, 0.6) is 5.88 Å². The van der Waals surface area contributed by atoms with Crippen LogP contribution in [0.15, 0.2) is 47.5 Å². The lowest BCUT2D eigenvalue weighted by Crippen LogP contribution is -2.29. The number of hydrogen-bond acceptors (Lipinski definition) is 7. The molecule has 2 N–H and O–H groups in total. The lowest BCUT2D eigenvalue weighted by molar-refractivity contribution is 0.271. The van der Waals surface area contributed by atoms with Crippen molar-refractivity contribution in [2.75, 3.05) is 16.6 Å². The molecule has 0 fully saturated rings. The minimum atomic E-state index is -3.90. The van der Waals surface area contributed by atoms with Crippen LogP contribution in [0.3, 0.4) is 0 Å². The second-order valence-corrected chi connectivity index (χ2v) is 10.3. The summed E-state index contributed by atoms with van der Waals surface area (Å²) >= 11 is 0. The lowest BCUT2D eigenvalue weighted by atomic mass is 10.0. The third-order valence-corrected chi connectivity index (χ3v) is 6.42. The quantitative estimate of drug-likeness (QED) is 0.614. The smallest absolute Gasteiger partial charge is 0.264 e. The number of hydrogen-bond donors (Lipinski definition) is 2. The molecule has 1 aromatic carbocycles. The highest BCUT2D eigenvalue weighted by atomic mass is 32.2. The lowest BCUT2D eigenvalue weighted by Gasteiger charge is -2.23. The van der Waals surface area contributed by atoms with E-state index in [1.165, 1.54) is 0 Å². The number of nitrogens with zero attached hydrogens (tertiary/aromatic N) is 4. The summed E-state index contributed by atoms with van der Waals surface area (Å²) in [6.45, 7) is 8.73. The van der Waals surface area contributed by atoms with E-state index >= 15 is 0 Å². The van der Waals surface area contributed by atoms with Gasteiger partial charge >= 0.3 is 0 Å². The molecule has 3 heterocycles. The number of aromatic nitrogens is 4. The largest absolute Gasteiger partial charge is 0.475 e. The van der Waals surface area contributed by atoms with Crippen molar-refractivity contribution >= 4 is 21.7 Å². The van der Waals surface area contributed by atoms with E-state index in [0.717, 1.165) is 12.1 Å². The second-order valence-electron chi connectivity index (χ2n) is 8.63. The van der Waals surface area contributed by atoms with E-state index < -0.39 is 10.0 Å². The molecule has 0 unspecified atom stereocenters. The van der Waals surface area contributed by atoms with Crippen LogP contribution < -0.4 is 14.8 Å². The van der Waals surface area contributed by atoms with Gasteiger partial charge in [-0.05, 0) is 42.5 Å². The van der Waals surface area contributed by atoms with Crippen molar-refractivity contribution in [3.8, 4) is 11.7 Å². The van der Waals surface area contributed by atoms with E-state index in [2.05, 4.69) is 52.8 Å². The number of fused-ring (bicyclic) bond motifs is 4. The second kappa shape index (κ2) is 8.78. The maximum absolute atomic E-state index is 13.0. The van der Waals surface area contributed by atoms with Crippen LogP contribution in [-0.2, 0) is 10.0 Å². The summed E-state index contributed by atoms with van der Waals surface area (Å²) in [4.78, 5) is 8.86. The molecule has 0 saturated carbocycles. The summed E-state index contributed by atoms with van der Waals surface area (Å²) in [5.41, 5.74) is 1.66. The fourth-order valence-electron chi connectivity index (χ4n) is 3.67. The summed E-state index contributed by atoms with van der Waals surface area (Å²) in [6, 6.07) is 10.2. The van der Waals surface area contributed by atoms with Crippen molar-refractivity contribution in [3.05, 3.63) is 48.3 Å². The zero-order valence-corrected chi connectivity index (χ0v) is 19.4. The summed E-state index contributed by atoms with van der Waals surface area (Å²) in [5.74, 6) is 1.26. The van der Waals surface area contributed by atoms with Crippen LogP contribution in [0, 0.1) is 5.92 Å². The van der Waals surface area contributed by atoms with Gasteiger partial charge < -0.3 is 10.1 Å². The fourth-order valence-corrected chi connectivity index (χ4v) is 4.66. The van der Waals surface area contributed by atoms with E-state index in [4.69, 9.17) is 4.74 Å². The Kier molecular flexibility index (Phi) is 6.05. The molecule has 9 nitrogen and oxygen atoms in total. The van der Waals surface area contributed by atoms with E-state index in [9.17, 15) is 8.42 Å². The highest BCUT2D eigenvalue weighted by molar-refractivity contribution is 7.92. The van der Waals surface area contributed by atoms with E-state index in [1.807, 2.05) is 12.1 Å². The van der Waals surface area contributed by atoms with Crippen LogP contribution in [0.4, 0.5) is 11.6 Å². The monoisotopic (exact) mass is 456 g/mol. The molecule has 0 radical (unpaired) electrons. The first-order valence-electron chi connectivity index (χ1n) is 10.7. The van der Waals surface area contributed by atoms with Gasteiger partial charge in [0, 0.05) is 23.6 Å². The molecule has 1 aliphatic rings. The van der Waals surface area contributed by atoms with Gasteiger partial charge in [0.15, 0.2) is 5.82 Å². The Hall–Kier alpha value is -3.14. The fraction of sp³-hybridized carbons (Fsp3) is 0.409. The molecule has 4 rings (SSSR count). The average molecular weight is 457 g/mol. The van der Waals surface area contributed by atoms with Crippen LogP contribution in [0.25, 0.3) is 5.82 Å². The molecule has 1 atom stereocenters. The first kappa shape index (κ1) is 22.1. The molecular formula is C22H28N6O3S. The minimum absolute atomic E-state index is 0.0295. The predicted molar refractivity (Wildman–Crippen MR) is 123 cm³/mol. The molecule has 2 aromatic heterocycles. The summed E-state index contributed by atoms with van der Waals surface area (Å²) < 4.78 is 36.3. The van der Waals surface area contributed by atoms with Crippen LogP contribution in [0.2, 0.25) is 0 Å². The zero-order valence-electron chi connectivity index (χ0n) is 18.6. The van der Waals surface area contributed by atoms with Crippen molar-refractivity contribution in [1.82, 2.24) is 19.7 Å². The van der Waals surface area contributed by atoms with Crippen LogP contribution in [-0.4, -0.2) is 40.8 Å². The summed E-state index contributed by atoms with van der Waals surface area (Å²) in [6.07, 6.45) is 2.53.